The van der Waals surface area contributed by atoms with Crippen LogP contribution in [0.25, 0.3) is 0 Å². The van der Waals surface area contributed by atoms with E-state index < -0.39 is 6.03 Å². The summed E-state index contributed by atoms with van der Waals surface area (Å²) >= 11 is 2.01. The summed E-state index contributed by atoms with van der Waals surface area (Å²) in [7, 11) is 0. The third-order valence-corrected chi connectivity index (χ3v) is 2.00. The lowest BCUT2D eigenvalue weighted by atomic mass is 10.3. The maximum absolute atomic E-state index is 10.6. The molecule has 0 atom stereocenters. The summed E-state index contributed by atoms with van der Waals surface area (Å²) in [5, 5.41) is 7.40. The minimum Gasteiger partial charge on any atom is -0.244 e. The number of halogens is 1. The quantitative estimate of drug-likeness (QED) is 0.482. The zero-order chi connectivity index (χ0) is 7.84. The number of amidine groups is 1. The number of hydrogen-bond donors (Lipinski definition) is 0. The van der Waals surface area contributed by atoms with Gasteiger partial charge in [-0.15, -0.1) is 10.2 Å². The molecule has 11 heavy (non-hydrogen) atoms. The molecule has 0 fully saturated rings. The fraction of sp³-hybridized carbons (Fsp3) is 0. The van der Waals surface area contributed by atoms with Crippen LogP contribution in [-0.4, -0.2) is 18.1 Å². The van der Waals surface area contributed by atoms with Gasteiger partial charge in [0.2, 0.25) is 0 Å². The lowest BCUT2D eigenvalue weighted by molar-refractivity contribution is 0.257. The maximum Gasteiger partial charge on any atom is 0.369 e. The van der Waals surface area contributed by atoms with Crippen molar-refractivity contribution >= 4 is 40.7 Å². The Morgan fingerprint density at radius 1 is 1.36 bits per heavy atom. The van der Waals surface area contributed by atoms with Crippen molar-refractivity contribution in [3.63, 3.8) is 0 Å². The predicted molar refractivity (Wildman–Crippen MR) is 47.2 cm³/mol. The molecule has 2 amide bonds. The van der Waals surface area contributed by atoms with Crippen LogP contribution in [0.4, 0.5) is 4.79 Å². The molecular formula is C5HIN4O. The Hall–Kier alpha value is -0.920. The van der Waals surface area contributed by atoms with Crippen molar-refractivity contribution in [1.82, 2.24) is 0 Å². The van der Waals surface area contributed by atoms with Gasteiger partial charge in [0.25, 0.3) is 0 Å². The Labute approximate surface area is 75.2 Å². The van der Waals surface area contributed by atoms with Gasteiger partial charge in [0.05, 0.1) is 5.57 Å². The van der Waals surface area contributed by atoms with Crippen molar-refractivity contribution in [2.75, 3.05) is 0 Å². The summed E-state index contributed by atoms with van der Waals surface area (Å²) in [4.78, 5) is 17.6. The number of hydrogen-bond acceptors (Lipinski definition) is 3. The number of urea groups is 1. The van der Waals surface area contributed by atoms with Gasteiger partial charge >= 0.3 is 6.03 Å². The summed E-state index contributed by atoms with van der Waals surface area (Å²) in [6.07, 6.45) is 1.44. The number of amides is 2. The van der Waals surface area contributed by atoms with Crippen molar-refractivity contribution in [2.24, 2.45) is 20.2 Å². The van der Waals surface area contributed by atoms with Gasteiger partial charge in [-0.05, 0) is 22.6 Å². The Bertz CT molecular complexity index is 351. The summed E-state index contributed by atoms with van der Waals surface area (Å²) in [5.41, 5.74) is 0.727. The first-order valence-electron chi connectivity index (χ1n) is 2.76. The van der Waals surface area contributed by atoms with Gasteiger partial charge in [-0.25, -0.2) is 4.79 Å². The van der Waals surface area contributed by atoms with Gasteiger partial charge in [-0.1, -0.05) is 0 Å². The molecule has 0 aliphatic carbocycles. The number of aliphatic imine (C=N–C) groups is 2. The molecule has 2 rings (SSSR count). The molecule has 0 saturated carbocycles. The highest BCUT2D eigenvalue weighted by atomic mass is 127. The van der Waals surface area contributed by atoms with Gasteiger partial charge in [0, 0.05) is 6.21 Å². The van der Waals surface area contributed by atoms with E-state index in [2.05, 4.69) is 20.2 Å². The molecular weight excluding hydrogens is 259 g/mol. The highest BCUT2D eigenvalue weighted by molar-refractivity contribution is 14.1. The van der Waals surface area contributed by atoms with E-state index in [9.17, 15) is 4.79 Å². The number of fused-ring (bicyclic) bond motifs is 1. The van der Waals surface area contributed by atoms with Gasteiger partial charge in [-0.3, -0.25) is 0 Å². The van der Waals surface area contributed by atoms with Crippen LogP contribution < -0.4 is 0 Å². The Morgan fingerprint density at radius 3 is 3.00 bits per heavy atom. The van der Waals surface area contributed by atoms with E-state index in [1.54, 1.807) is 0 Å². The summed E-state index contributed by atoms with van der Waals surface area (Å²) < 4.78 is 0.720. The number of azo groups is 1. The van der Waals surface area contributed by atoms with Crippen LogP contribution in [0.1, 0.15) is 0 Å². The van der Waals surface area contributed by atoms with Gasteiger partial charge in [0.1, 0.15) is 3.70 Å². The molecule has 54 valence electrons. The summed E-state index contributed by atoms with van der Waals surface area (Å²) in [6, 6.07) is -0.520. The van der Waals surface area contributed by atoms with Crippen LogP contribution in [-0.2, 0) is 0 Å². The Balaban J connectivity index is 2.55. The molecule has 0 radical (unpaired) electrons. The van der Waals surface area contributed by atoms with E-state index >= 15 is 0 Å². The van der Waals surface area contributed by atoms with Crippen molar-refractivity contribution in [3.8, 4) is 0 Å². The molecule has 2 aliphatic rings. The summed E-state index contributed by atoms with van der Waals surface area (Å²) in [6.45, 7) is 0. The van der Waals surface area contributed by atoms with Crippen LogP contribution in [0.5, 0.6) is 0 Å². The lowest BCUT2D eigenvalue weighted by Gasteiger charge is -1.96. The molecule has 0 aromatic rings. The number of carbonyl (C=O) groups is 1. The first kappa shape index (κ1) is 6.77. The van der Waals surface area contributed by atoms with Crippen molar-refractivity contribution in [3.05, 3.63) is 9.28 Å². The topological polar surface area (TPSA) is 66.5 Å². The van der Waals surface area contributed by atoms with Crippen molar-refractivity contribution in [1.29, 1.82) is 0 Å². The molecule has 0 spiro atoms. The SMILES string of the molecule is O=C1N=CC2=C(I)N=NC2=N1. The minimum absolute atomic E-state index is 0.370. The zero-order valence-corrected chi connectivity index (χ0v) is 7.31. The molecule has 0 N–H and O–H groups in total. The second-order valence-electron chi connectivity index (χ2n) is 1.88. The van der Waals surface area contributed by atoms with Crippen molar-refractivity contribution in [2.45, 2.75) is 0 Å². The standard InChI is InChI=1S/C5HIN4O/c6-3-2-1-7-5(11)8-4(2)10-9-3/h1H. The van der Waals surface area contributed by atoms with E-state index in [0.717, 1.165) is 9.28 Å². The van der Waals surface area contributed by atoms with Crippen molar-refractivity contribution < 1.29 is 4.79 Å². The van der Waals surface area contributed by atoms with E-state index in [0.29, 0.717) is 5.84 Å². The molecule has 0 aromatic heterocycles. The predicted octanol–water partition coefficient (Wildman–Crippen LogP) is 1.70. The molecule has 2 aliphatic heterocycles. The zero-order valence-electron chi connectivity index (χ0n) is 5.15. The van der Waals surface area contributed by atoms with Crippen LogP contribution in [0.15, 0.2) is 29.5 Å². The molecule has 0 saturated heterocycles. The average Bonchev–Trinajstić information content (AvgIpc) is 2.32. The average molecular weight is 260 g/mol. The molecule has 0 bridgehead atoms. The van der Waals surface area contributed by atoms with Gasteiger partial charge in [0.15, 0.2) is 5.84 Å². The molecule has 0 unspecified atom stereocenters. The van der Waals surface area contributed by atoms with Crippen LogP contribution >= 0.6 is 22.6 Å². The third kappa shape index (κ3) is 1.02. The third-order valence-electron chi connectivity index (χ3n) is 1.20. The summed E-state index contributed by atoms with van der Waals surface area (Å²) in [5.74, 6) is 0.370. The van der Waals surface area contributed by atoms with E-state index in [-0.39, 0.29) is 0 Å². The van der Waals surface area contributed by atoms with Crippen LogP contribution in [0.3, 0.4) is 0 Å². The Morgan fingerprint density at radius 2 is 2.18 bits per heavy atom. The lowest BCUT2D eigenvalue weighted by Crippen LogP contribution is -2.06. The Kier molecular flexibility index (Phi) is 1.41. The number of nitrogens with zero attached hydrogens (tertiary/aromatic N) is 4. The van der Waals surface area contributed by atoms with E-state index in [4.69, 9.17) is 0 Å². The smallest absolute Gasteiger partial charge is 0.244 e. The molecule has 5 nitrogen and oxygen atoms in total. The highest BCUT2D eigenvalue weighted by Crippen LogP contribution is 2.23. The van der Waals surface area contributed by atoms with Crippen LogP contribution in [0, 0.1) is 0 Å². The number of rotatable bonds is 0. The first-order chi connectivity index (χ1) is 5.27. The first-order valence-corrected chi connectivity index (χ1v) is 3.84. The van der Waals surface area contributed by atoms with Gasteiger partial charge < -0.3 is 0 Å². The monoisotopic (exact) mass is 260 g/mol. The van der Waals surface area contributed by atoms with Crippen LogP contribution in [0.2, 0.25) is 0 Å². The highest BCUT2D eigenvalue weighted by Gasteiger charge is 2.20. The molecule has 6 heteroatoms. The molecule has 2 heterocycles. The molecule has 0 aromatic carbocycles. The largest absolute Gasteiger partial charge is 0.369 e. The fourth-order valence-corrected chi connectivity index (χ4v) is 1.21. The normalized spacial score (nSPS) is 20.8. The second-order valence-corrected chi connectivity index (χ2v) is 2.90. The second kappa shape index (κ2) is 2.29. The van der Waals surface area contributed by atoms with E-state index in [1.807, 2.05) is 22.6 Å². The fourth-order valence-electron chi connectivity index (χ4n) is 0.724. The van der Waals surface area contributed by atoms with Gasteiger partial charge in [-0.2, -0.15) is 9.98 Å². The maximum atomic E-state index is 10.6. The number of carbonyl (C=O) groups excluding carboxylic acids is 1. The van der Waals surface area contributed by atoms with E-state index in [1.165, 1.54) is 6.21 Å². The minimum atomic E-state index is -0.520.